The average Bonchev–Trinajstić information content (AvgIpc) is 3.11. The lowest BCUT2D eigenvalue weighted by Gasteiger charge is -2.17. The molecule has 0 spiro atoms. The monoisotopic (exact) mass is 555 g/mol. The number of hydrogen-bond acceptors (Lipinski definition) is 5. The number of aliphatic imine (C=N–C) groups is 1. The van der Waals surface area contributed by atoms with E-state index in [1.54, 1.807) is 47.1 Å². The van der Waals surface area contributed by atoms with Crippen LogP contribution < -0.4 is 15.4 Å². The minimum atomic E-state index is -1.43. The summed E-state index contributed by atoms with van der Waals surface area (Å²) in [5.74, 6) is -2.42. The summed E-state index contributed by atoms with van der Waals surface area (Å²) in [7, 11) is 0. The van der Waals surface area contributed by atoms with Gasteiger partial charge in [-0.05, 0) is 37.5 Å². The third-order valence-corrected chi connectivity index (χ3v) is 7.23. The van der Waals surface area contributed by atoms with Crippen molar-refractivity contribution < 1.29 is 23.1 Å². The fourth-order valence-electron chi connectivity index (χ4n) is 5.15. The highest BCUT2D eigenvalue weighted by molar-refractivity contribution is 6.20. The zero-order chi connectivity index (χ0) is 28.5. The first kappa shape index (κ1) is 26.4. The van der Waals surface area contributed by atoms with Crippen LogP contribution in [-0.2, 0) is 11.3 Å². The first-order valence-electron chi connectivity index (χ1n) is 13.5. The van der Waals surface area contributed by atoms with Crippen molar-refractivity contribution in [2.45, 2.75) is 45.0 Å². The predicted octanol–water partition coefficient (Wildman–Crippen LogP) is 5.33. The number of aryl methyl sites for hydroxylation is 1. The van der Waals surface area contributed by atoms with Gasteiger partial charge >= 0.3 is 0 Å². The number of nitrogens with one attached hydrogen (secondary N) is 2. The van der Waals surface area contributed by atoms with Crippen molar-refractivity contribution >= 4 is 23.2 Å². The van der Waals surface area contributed by atoms with E-state index in [-0.39, 0.29) is 34.5 Å². The number of benzodiazepines with no additional fused rings is 1. The molecule has 4 aromatic rings. The van der Waals surface area contributed by atoms with E-state index in [2.05, 4.69) is 20.7 Å². The zero-order valence-corrected chi connectivity index (χ0v) is 22.2. The fraction of sp³-hybridized carbons (Fsp3) is 0.226. The molecule has 6 rings (SSSR count). The van der Waals surface area contributed by atoms with Crippen molar-refractivity contribution in [2.24, 2.45) is 4.99 Å². The number of rotatable bonds is 5. The minimum absolute atomic E-state index is 0.00709. The van der Waals surface area contributed by atoms with Crippen LogP contribution in [0.4, 0.5) is 14.5 Å². The second-order valence-electron chi connectivity index (χ2n) is 9.89. The largest absolute Gasteiger partial charge is 0.474 e. The Hall–Kier alpha value is -4.86. The van der Waals surface area contributed by atoms with Crippen molar-refractivity contribution in [1.29, 1.82) is 0 Å². The van der Waals surface area contributed by atoms with Gasteiger partial charge in [0.1, 0.15) is 29.0 Å². The van der Waals surface area contributed by atoms with Crippen LogP contribution in [0.3, 0.4) is 0 Å². The number of carbonyl (C=O) groups excluding carboxylic acids is 2. The van der Waals surface area contributed by atoms with Gasteiger partial charge in [0.15, 0.2) is 0 Å². The minimum Gasteiger partial charge on any atom is -0.474 e. The number of amides is 2. The molecule has 10 heteroatoms. The number of fused-ring (bicyclic) bond motifs is 2. The molecule has 0 saturated carbocycles. The number of benzene rings is 3. The number of hydrogen-bond donors (Lipinski definition) is 2. The highest BCUT2D eigenvalue weighted by Gasteiger charge is 2.34. The van der Waals surface area contributed by atoms with Gasteiger partial charge in [-0.3, -0.25) is 9.59 Å². The maximum Gasteiger partial charge on any atom is 0.269 e. The maximum absolute atomic E-state index is 15.0. The van der Waals surface area contributed by atoms with Crippen LogP contribution in [0, 0.1) is 11.6 Å². The predicted molar refractivity (Wildman–Crippen MR) is 150 cm³/mol. The van der Waals surface area contributed by atoms with Crippen molar-refractivity contribution in [2.75, 3.05) is 5.32 Å². The quantitative estimate of drug-likeness (QED) is 0.348. The highest BCUT2D eigenvalue weighted by Crippen LogP contribution is 2.35. The third kappa shape index (κ3) is 4.97. The smallest absolute Gasteiger partial charge is 0.269 e. The van der Waals surface area contributed by atoms with Gasteiger partial charge in [-0.1, -0.05) is 61.5 Å². The molecule has 8 nitrogen and oxygen atoms in total. The van der Waals surface area contributed by atoms with Crippen LogP contribution in [0.5, 0.6) is 5.88 Å². The summed E-state index contributed by atoms with van der Waals surface area (Å²) in [4.78, 5) is 32.0. The third-order valence-electron chi connectivity index (χ3n) is 7.23. The second kappa shape index (κ2) is 11.0. The van der Waals surface area contributed by atoms with E-state index in [0.29, 0.717) is 29.8 Å². The summed E-state index contributed by atoms with van der Waals surface area (Å²) in [6.45, 7) is 2.47. The van der Waals surface area contributed by atoms with Crippen molar-refractivity contribution in [3.05, 3.63) is 101 Å². The van der Waals surface area contributed by atoms with Crippen LogP contribution in [-0.4, -0.2) is 39.6 Å². The molecular weight excluding hydrogens is 528 g/mol. The van der Waals surface area contributed by atoms with Crippen molar-refractivity contribution in [1.82, 2.24) is 15.1 Å². The molecule has 0 aliphatic carbocycles. The molecule has 0 radical (unpaired) electrons. The summed E-state index contributed by atoms with van der Waals surface area (Å²) in [6, 6.07) is 19.5. The van der Waals surface area contributed by atoms with Gasteiger partial charge in [0, 0.05) is 23.2 Å². The van der Waals surface area contributed by atoms with E-state index < -0.39 is 29.6 Å². The molecule has 0 saturated heterocycles. The number of para-hydroxylation sites is 1. The molecule has 3 aromatic carbocycles. The molecule has 0 unspecified atom stereocenters. The standard InChI is InChI=1S/C31H27F2N5O3/c1-2-19-12-9-17-38-31(41-19)24(27(37-38)20-13-6-7-15-22(20)32)29(39)36-28-30(40)35-26-21(14-8-16-23(26)33)25(34-28)18-10-4-3-5-11-18/h3-8,10-11,13-16,19,28H,2,9,12,17H2,1H3,(H,35,40)(H,36,39)/t19-,28-/m1/s1. The molecule has 41 heavy (non-hydrogen) atoms. The Morgan fingerprint density at radius 3 is 2.54 bits per heavy atom. The summed E-state index contributed by atoms with van der Waals surface area (Å²) >= 11 is 0. The van der Waals surface area contributed by atoms with E-state index in [9.17, 15) is 18.4 Å². The highest BCUT2D eigenvalue weighted by atomic mass is 19.1. The molecule has 0 bridgehead atoms. The van der Waals surface area contributed by atoms with Gasteiger partial charge < -0.3 is 15.4 Å². The fourth-order valence-corrected chi connectivity index (χ4v) is 5.15. The molecule has 3 heterocycles. The van der Waals surface area contributed by atoms with Crippen molar-refractivity contribution in [3.8, 4) is 17.1 Å². The Labute approximate surface area is 235 Å². The molecular formula is C31H27F2N5O3. The number of carbonyl (C=O) groups is 2. The van der Waals surface area contributed by atoms with Crippen LogP contribution in [0.15, 0.2) is 77.8 Å². The van der Waals surface area contributed by atoms with E-state index >= 15 is 0 Å². The molecule has 1 aromatic heterocycles. The van der Waals surface area contributed by atoms with E-state index in [1.807, 2.05) is 13.0 Å². The lowest BCUT2D eigenvalue weighted by Crippen LogP contribution is -2.42. The number of halogens is 2. The van der Waals surface area contributed by atoms with Gasteiger partial charge in [-0.15, -0.1) is 0 Å². The van der Waals surface area contributed by atoms with Gasteiger partial charge in [-0.2, -0.15) is 5.10 Å². The Kier molecular flexibility index (Phi) is 7.05. The molecule has 2 atom stereocenters. The van der Waals surface area contributed by atoms with Gasteiger partial charge in [-0.25, -0.2) is 18.5 Å². The van der Waals surface area contributed by atoms with Gasteiger partial charge in [0.2, 0.25) is 12.0 Å². The Balaban J connectivity index is 1.45. The Morgan fingerprint density at radius 1 is 1.02 bits per heavy atom. The summed E-state index contributed by atoms with van der Waals surface area (Å²) < 4.78 is 37.7. The number of anilines is 1. The molecule has 2 amide bonds. The SMILES string of the molecule is CC[C@@H]1CCCn2nc(-c3ccccc3F)c(C(=O)N[C@H]3N=C(c4ccccc4)c4cccc(F)c4NC3=O)c2O1. The van der Waals surface area contributed by atoms with E-state index in [1.165, 1.54) is 24.3 Å². The van der Waals surface area contributed by atoms with Gasteiger partial charge in [0.05, 0.1) is 11.4 Å². The van der Waals surface area contributed by atoms with Crippen molar-refractivity contribution in [3.63, 3.8) is 0 Å². The van der Waals surface area contributed by atoms with Crippen LogP contribution in [0.25, 0.3) is 11.3 Å². The molecule has 208 valence electrons. The number of ether oxygens (including phenoxy) is 1. The number of nitrogens with zero attached hydrogens (tertiary/aromatic N) is 3. The summed E-state index contributed by atoms with van der Waals surface area (Å²) in [5.41, 5.74) is 1.54. The Bertz CT molecular complexity index is 1670. The van der Waals surface area contributed by atoms with Crippen LogP contribution in [0.1, 0.15) is 47.7 Å². The van der Waals surface area contributed by atoms with E-state index in [0.717, 1.165) is 12.8 Å². The lowest BCUT2D eigenvalue weighted by molar-refractivity contribution is -0.117. The number of aromatic nitrogens is 2. The van der Waals surface area contributed by atoms with Crippen LogP contribution in [0.2, 0.25) is 0 Å². The molecule has 0 fully saturated rings. The zero-order valence-electron chi connectivity index (χ0n) is 22.2. The van der Waals surface area contributed by atoms with Crippen LogP contribution >= 0.6 is 0 Å². The molecule has 2 N–H and O–H groups in total. The first-order chi connectivity index (χ1) is 19.9. The normalized spacial score (nSPS) is 18.1. The first-order valence-corrected chi connectivity index (χ1v) is 13.5. The lowest BCUT2D eigenvalue weighted by atomic mass is 10.0. The molecule has 2 aliphatic rings. The van der Waals surface area contributed by atoms with Gasteiger partial charge in [0.25, 0.3) is 11.8 Å². The molecule has 2 aliphatic heterocycles. The maximum atomic E-state index is 15.0. The average molecular weight is 556 g/mol. The topological polar surface area (TPSA) is 97.6 Å². The Morgan fingerprint density at radius 2 is 1.76 bits per heavy atom. The van der Waals surface area contributed by atoms with E-state index in [4.69, 9.17) is 4.74 Å². The second-order valence-corrected chi connectivity index (χ2v) is 9.89. The summed E-state index contributed by atoms with van der Waals surface area (Å²) in [6.07, 6.45) is 0.664. The summed E-state index contributed by atoms with van der Waals surface area (Å²) in [5, 5.41) is 9.83.